The third kappa shape index (κ3) is 3.40. The topological polar surface area (TPSA) is 47.4 Å². The van der Waals surface area contributed by atoms with Crippen molar-refractivity contribution < 1.29 is 9.53 Å². The molecule has 1 unspecified atom stereocenters. The second-order valence-electron chi connectivity index (χ2n) is 7.59. The highest BCUT2D eigenvalue weighted by molar-refractivity contribution is 6.30. The SMILES string of the molecule is COc1ccc(CN2C(=O)c3nc(C)n(C(C)C)c3C2c2ccc(Cl)cc2)cc1. The number of imidazole rings is 1. The molecule has 1 aromatic heterocycles. The molecule has 0 spiro atoms. The van der Waals surface area contributed by atoms with Gasteiger partial charge in [0.15, 0.2) is 5.69 Å². The van der Waals surface area contributed by atoms with Crippen LogP contribution in [0.3, 0.4) is 0 Å². The molecule has 1 aliphatic rings. The Kier molecular flexibility index (Phi) is 5.09. The van der Waals surface area contributed by atoms with Crippen LogP contribution in [0.2, 0.25) is 5.02 Å². The molecule has 0 aliphatic carbocycles. The largest absolute Gasteiger partial charge is 0.497 e. The van der Waals surface area contributed by atoms with Gasteiger partial charge in [0.2, 0.25) is 0 Å². The zero-order valence-corrected chi connectivity index (χ0v) is 17.8. The van der Waals surface area contributed by atoms with E-state index in [9.17, 15) is 4.79 Å². The van der Waals surface area contributed by atoms with Crippen LogP contribution < -0.4 is 4.74 Å². The lowest BCUT2D eigenvalue weighted by molar-refractivity contribution is 0.0727. The highest BCUT2D eigenvalue weighted by atomic mass is 35.5. The van der Waals surface area contributed by atoms with E-state index >= 15 is 0 Å². The lowest BCUT2D eigenvalue weighted by Crippen LogP contribution is -2.30. The van der Waals surface area contributed by atoms with Crippen LogP contribution in [0.5, 0.6) is 5.75 Å². The Balaban J connectivity index is 1.80. The van der Waals surface area contributed by atoms with Crippen molar-refractivity contribution in [1.82, 2.24) is 14.5 Å². The van der Waals surface area contributed by atoms with Crippen molar-refractivity contribution in [3.05, 3.63) is 81.9 Å². The van der Waals surface area contributed by atoms with Crippen LogP contribution in [0.15, 0.2) is 48.5 Å². The number of ether oxygens (including phenoxy) is 1. The molecule has 3 aromatic rings. The average molecular weight is 410 g/mol. The van der Waals surface area contributed by atoms with E-state index in [1.807, 2.05) is 60.4 Å². The quantitative estimate of drug-likeness (QED) is 0.583. The van der Waals surface area contributed by atoms with Gasteiger partial charge in [0.25, 0.3) is 5.91 Å². The van der Waals surface area contributed by atoms with E-state index in [2.05, 4.69) is 23.4 Å². The minimum atomic E-state index is -0.208. The van der Waals surface area contributed by atoms with Crippen molar-refractivity contribution in [3.8, 4) is 5.75 Å². The maximum absolute atomic E-state index is 13.4. The summed E-state index contributed by atoms with van der Waals surface area (Å²) in [5.41, 5.74) is 3.57. The molecule has 0 bridgehead atoms. The van der Waals surface area contributed by atoms with Gasteiger partial charge in [0, 0.05) is 17.6 Å². The molecule has 5 nitrogen and oxygen atoms in total. The van der Waals surface area contributed by atoms with Crippen LogP contribution in [0.25, 0.3) is 0 Å². The minimum Gasteiger partial charge on any atom is -0.497 e. The van der Waals surface area contributed by atoms with Crippen molar-refractivity contribution in [2.75, 3.05) is 7.11 Å². The summed E-state index contributed by atoms with van der Waals surface area (Å²) in [5, 5.41) is 0.675. The molecule has 6 heteroatoms. The van der Waals surface area contributed by atoms with Crippen LogP contribution in [0.4, 0.5) is 0 Å². The first-order chi connectivity index (χ1) is 13.9. The molecule has 1 amide bonds. The number of benzene rings is 2. The fourth-order valence-electron chi connectivity index (χ4n) is 4.11. The summed E-state index contributed by atoms with van der Waals surface area (Å²) >= 11 is 6.12. The van der Waals surface area contributed by atoms with Gasteiger partial charge in [-0.15, -0.1) is 0 Å². The molecule has 4 rings (SSSR count). The van der Waals surface area contributed by atoms with Crippen LogP contribution in [0.1, 0.15) is 59.1 Å². The minimum absolute atomic E-state index is 0.0433. The zero-order chi connectivity index (χ0) is 20.7. The molecule has 1 atom stereocenters. The number of hydrogen-bond donors (Lipinski definition) is 0. The van der Waals surface area contributed by atoms with Gasteiger partial charge in [-0.1, -0.05) is 35.9 Å². The number of aryl methyl sites for hydroxylation is 1. The predicted octanol–water partition coefficient (Wildman–Crippen LogP) is 5.18. The van der Waals surface area contributed by atoms with Crippen LogP contribution in [0, 0.1) is 6.92 Å². The molecule has 0 radical (unpaired) electrons. The Morgan fingerprint density at radius 1 is 1.10 bits per heavy atom. The van der Waals surface area contributed by atoms with Gasteiger partial charge >= 0.3 is 0 Å². The molecule has 1 aliphatic heterocycles. The molecular weight excluding hydrogens is 386 g/mol. The first-order valence-electron chi connectivity index (χ1n) is 9.68. The standard InChI is InChI=1S/C23H24ClN3O2/c1-14(2)27-15(3)25-20-22(27)21(17-7-9-18(24)10-8-17)26(23(20)28)13-16-5-11-19(29-4)12-6-16/h5-12,14,21H,13H2,1-4H3. The number of hydrogen-bond acceptors (Lipinski definition) is 3. The van der Waals surface area contributed by atoms with Crippen LogP contribution >= 0.6 is 11.6 Å². The number of carbonyl (C=O) groups is 1. The lowest BCUT2D eigenvalue weighted by atomic mass is 10.0. The Hall–Kier alpha value is -2.79. The summed E-state index contributed by atoms with van der Waals surface area (Å²) in [5.74, 6) is 1.61. The molecule has 29 heavy (non-hydrogen) atoms. The summed E-state index contributed by atoms with van der Waals surface area (Å²) in [4.78, 5) is 19.9. The summed E-state index contributed by atoms with van der Waals surface area (Å²) in [7, 11) is 1.64. The predicted molar refractivity (Wildman–Crippen MR) is 114 cm³/mol. The Labute approximate surface area is 175 Å². The second-order valence-corrected chi connectivity index (χ2v) is 8.03. The summed E-state index contributed by atoms with van der Waals surface area (Å²) in [6.45, 7) is 6.68. The summed E-state index contributed by atoms with van der Waals surface area (Å²) < 4.78 is 7.42. The van der Waals surface area contributed by atoms with Crippen molar-refractivity contribution in [2.24, 2.45) is 0 Å². The average Bonchev–Trinajstić information content (AvgIpc) is 3.17. The van der Waals surface area contributed by atoms with Crippen LogP contribution in [-0.4, -0.2) is 27.5 Å². The number of fused-ring (bicyclic) bond motifs is 1. The zero-order valence-electron chi connectivity index (χ0n) is 17.0. The molecule has 0 N–H and O–H groups in total. The maximum Gasteiger partial charge on any atom is 0.275 e. The summed E-state index contributed by atoms with van der Waals surface area (Å²) in [6, 6.07) is 15.5. The van der Waals surface area contributed by atoms with Crippen LogP contribution in [-0.2, 0) is 6.54 Å². The fourth-order valence-corrected chi connectivity index (χ4v) is 4.23. The Morgan fingerprint density at radius 2 is 1.76 bits per heavy atom. The summed E-state index contributed by atoms with van der Waals surface area (Å²) in [6.07, 6.45) is 0. The van der Waals surface area contributed by atoms with E-state index < -0.39 is 0 Å². The van der Waals surface area contributed by atoms with Gasteiger partial charge in [-0.3, -0.25) is 4.79 Å². The number of amides is 1. The lowest BCUT2D eigenvalue weighted by Gasteiger charge is -2.28. The van der Waals surface area contributed by atoms with E-state index in [0.717, 1.165) is 28.4 Å². The molecular formula is C23H24ClN3O2. The van der Waals surface area contributed by atoms with Gasteiger partial charge < -0.3 is 14.2 Å². The number of aromatic nitrogens is 2. The third-order valence-electron chi connectivity index (χ3n) is 5.37. The molecule has 2 heterocycles. The van der Waals surface area contributed by atoms with Crippen molar-refractivity contribution in [2.45, 2.75) is 39.4 Å². The third-order valence-corrected chi connectivity index (χ3v) is 5.62. The van der Waals surface area contributed by atoms with Gasteiger partial charge in [-0.05, 0) is 56.2 Å². The number of rotatable bonds is 5. The van der Waals surface area contributed by atoms with Crippen molar-refractivity contribution >= 4 is 17.5 Å². The molecule has 2 aromatic carbocycles. The smallest absolute Gasteiger partial charge is 0.275 e. The van der Waals surface area contributed by atoms with E-state index in [1.165, 1.54) is 0 Å². The first-order valence-corrected chi connectivity index (χ1v) is 10.1. The monoisotopic (exact) mass is 409 g/mol. The molecule has 0 saturated heterocycles. The fraction of sp³-hybridized carbons (Fsp3) is 0.304. The number of carbonyl (C=O) groups excluding carboxylic acids is 1. The number of methoxy groups -OCH3 is 1. The second kappa shape index (κ2) is 7.56. The highest BCUT2D eigenvalue weighted by Gasteiger charge is 2.43. The molecule has 150 valence electrons. The maximum atomic E-state index is 13.4. The van der Waals surface area contributed by atoms with Crippen molar-refractivity contribution in [3.63, 3.8) is 0 Å². The van der Waals surface area contributed by atoms with Gasteiger partial charge in [0.1, 0.15) is 17.6 Å². The highest BCUT2D eigenvalue weighted by Crippen LogP contribution is 2.41. The van der Waals surface area contributed by atoms with Gasteiger partial charge in [-0.25, -0.2) is 4.98 Å². The van der Waals surface area contributed by atoms with Crippen molar-refractivity contribution in [1.29, 1.82) is 0 Å². The molecule has 0 saturated carbocycles. The normalized spacial score (nSPS) is 15.9. The van der Waals surface area contributed by atoms with E-state index in [-0.39, 0.29) is 18.0 Å². The van der Waals surface area contributed by atoms with E-state index in [0.29, 0.717) is 17.3 Å². The number of halogens is 1. The van der Waals surface area contributed by atoms with Gasteiger partial charge in [0.05, 0.1) is 12.8 Å². The Morgan fingerprint density at radius 3 is 2.34 bits per heavy atom. The van der Waals surface area contributed by atoms with E-state index in [1.54, 1.807) is 7.11 Å². The molecule has 0 fully saturated rings. The first kappa shape index (κ1) is 19.5. The number of nitrogens with zero attached hydrogens (tertiary/aromatic N) is 3. The van der Waals surface area contributed by atoms with Gasteiger partial charge in [-0.2, -0.15) is 0 Å². The van der Waals surface area contributed by atoms with E-state index in [4.69, 9.17) is 16.3 Å². The Bertz CT molecular complexity index is 1040.